The van der Waals surface area contributed by atoms with Crippen LogP contribution >= 0.6 is 0 Å². The molecule has 4 heteroatoms. The van der Waals surface area contributed by atoms with Crippen molar-refractivity contribution in [3.05, 3.63) is 23.9 Å². The van der Waals surface area contributed by atoms with Crippen molar-refractivity contribution in [2.24, 2.45) is 5.73 Å². The second-order valence-electron chi connectivity index (χ2n) is 3.84. The highest BCUT2D eigenvalue weighted by molar-refractivity contribution is 5.93. The van der Waals surface area contributed by atoms with Gasteiger partial charge >= 0.3 is 0 Å². The van der Waals surface area contributed by atoms with Crippen LogP contribution in [0.4, 0.5) is 0 Å². The quantitative estimate of drug-likeness (QED) is 0.635. The van der Waals surface area contributed by atoms with Crippen LogP contribution in [0.3, 0.4) is 0 Å². The van der Waals surface area contributed by atoms with E-state index in [1.165, 1.54) is 12.3 Å². The van der Waals surface area contributed by atoms with Crippen LogP contribution < -0.4 is 11.1 Å². The molecule has 0 fully saturated rings. The molecule has 0 aromatic carbocycles. The lowest BCUT2D eigenvalue weighted by Gasteiger charge is -2.02. The number of primary amides is 1. The predicted molar refractivity (Wildman–Crippen MR) is 69.0 cm³/mol. The first-order valence-corrected chi connectivity index (χ1v) is 6.07. The molecule has 4 nitrogen and oxygen atoms in total. The first-order chi connectivity index (χ1) is 8.11. The monoisotopic (exact) mass is 238 g/mol. The van der Waals surface area contributed by atoms with Crippen LogP contribution in [0.2, 0.25) is 0 Å². The minimum atomic E-state index is -0.476. The van der Waals surface area contributed by atoms with Gasteiger partial charge in [0.1, 0.15) is 0 Å². The highest BCUT2D eigenvalue weighted by atomic mass is 16.2. The van der Waals surface area contributed by atoms with Gasteiger partial charge in [-0.15, -0.1) is 0 Å². The van der Waals surface area contributed by atoms with Gasteiger partial charge in [-0.25, -0.2) is 0 Å². The van der Waals surface area contributed by atoms with E-state index in [4.69, 9.17) is 5.73 Å². The minimum Gasteiger partial charge on any atom is -0.366 e. The molecular formula is C13H22N2O2. The fraction of sp³-hybridized carbons (Fsp3) is 0.538. The Morgan fingerprint density at radius 3 is 2.47 bits per heavy atom. The van der Waals surface area contributed by atoms with Crippen LogP contribution in [0.15, 0.2) is 23.9 Å². The lowest BCUT2D eigenvalue weighted by Crippen LogP contribution is -2.20. The summed E-state index contributed by atoms with van der Waals surface area (Å²) in [6.07, 6.45) is 9.03. The summed E-state index contributed by atoms with van der Waals surface area (Å²) in [6, 6.07) is 0. The number of unbranched alkanes of at least 4 members (excludes halogenated alkanes) is 2. The third-order valence-electron chi connectivity index (χ3n) is 2.23. The molecule has 0 saturated carbocycles. The van der Waals surface area contributed by atoms with Gasteiger partial charge in [-0.1, -0.05) is 32.8 Å². The molecule has 0 aromatic heterocycles. The second-order valence-corrected chi connectivity index (χ2v) is 3.84. The predicted octanol–water partition coefficient (Wildman–Crippen LogP) is 2.02. The zero-order valence-electron chi connectivity index (χ0n) is 10.7. The largest absolute Gasteiger partial charge is 0.366 e. The molecule has 0 aliphatic rings. The maximum Gasteiger partial charge on any atom is 0.247 e. The van der Waals surface area contributed by atoms with Crippen LogP contribution in [0, 0.1) is 0 Å². The van der Waals surface area contributed by atoms with Crippen molar-refractivity contribution in [1.29, 1.82) is 0 Å². The Kier molecular flexibility index (Phi) is 8.74. The fourth-order valence-corrected chi connectivity index (χ4v) is 1.20. The SMILES string of the molecule is CCCC=CC(=O)NC=C(CCCC)C(N)=O. The highest BCUT2D eigenvalue weighted by Crippen LogP contribution is 2.05. The number of hydrogen-bond acceptors (Lipinski definition) is 2. The Morgan fingerprint density at radius 2 is 1.94 bits per heavy atom. The lowest BCUT2D eigenvalue weighted by atomic mass is 10.1. The molecule has 0 atom stereocenters. The Balaban J connectivity index is 4.23. The van der Waals surface area contributed by atoms with Gasteiger partial charge in [0.25, 0.3) is 0 Å². The molecule has 0 aliphatic heterocycles. The summed E-state index contributed by atoms with van der Waals surface area (Å²) in [6.45, 7) is 4.07. The molecule has 96 valence electrons. The zero-order chi connectivity index (χ0) is 13.1. The van der Waals surface area contributed by atoms with E-state index in [1.807, 2.05) is 13.8 Å². The molecule has 0 radical (unpaired) electrons. The third-order valence-corrected chi connectivity index (χ3v) is 2.23. The zero-order valence-corrected chi connectivity index (χ0v) is 10.7. The van der Waals surface area contributed by atoms with Crippen LogP contribution in [0.25, 0.3) is 0 Å². The summed E-state index contributed by atoms with van der Waals surface area (Å²) < 4.78 is 0. The number of amides is 2. The van der Waals surface area contributed by atoms with Crippen LogP contribution in [-0.4, -0.2) is 11.8 Å². The summed E-state index contributed by atoms with van der Waals surface area (Å²) >= 11 is 0. The number of carbonyl (C=O) groups excluding carboxylic acids is 2. The van der Waals surface area contributed by atoms with Gasteiger partial charge in [0.2, 0.25) is 11.8 Å². The van der Waals surface area contributed by atoms with E-state index in [2.05, 4.69) is 5.32 Å². The number of rotatable bonds is 8. The normalized spacial score (nSPS) is 11.8. The van der Waals surface area contributed by atoms with Crippen molar-refractivity contribution in [3.63, 3.8) is 0 Å². The molecule has 3 N–H and O–H groups in total. The van der Waals surface area contributed by atoms with Gasteiger partial charge in [-0.05, 0) is 25.3 Å². The topological polar surface area (TPSA) is 72.2 Å². The second kappa shape index (κ2) is 9.63. The first-order valence-electron chi connectivity index (χ1n) is 6.07. The summed E-state index contributed by atoms with van der Waals surface area (Å²) in [7, 11) is 0. The number of carbonyl (C=O) groups is 2. The smallest absolute Gasteiger partial charge is 0.247 e. The molecule has 0 rings (SSSR count). The number of hydrogen-bond donors (Lipinski definition) is 2. The Labute approximate surface area is 103 Å². The molecular weight excluding hydrogens is 216 g/mol. The molecule has 0 aliphatic carbocycles. The van der Waals surface area contributed by atoms with Crippen molar-refractivity contribution in [2.45, 2.75) is 46.0 Å². The Morgan fingerprint density at radius 1 is 1.24 bits per heavy atom. The molecule has 0 spiro atoms. The summed E-state index contributed by atoms with van der Waals surface area (Å²) in [4.78, 5) is 22.4. The lowest BCUT2D eigenvalue weighted by molar-refractivity contribution is -0.115. The van der Waals surface area contributed by atoms with E-state index in [0.717, 1.165) is 25.7 Å². The van der Waals surface area contributed by atoms with Crippen LogP contribution in [0.1, 0.15) is 46.0 Å². The highest BCUT2D eigenvalue weighted by Gasteiger charge is 2.04. The number of allylic oxidation sites excluding steroid dienone is 1. The van der Waals surface area contributed by atoms with Crippen molar-refractivity contribution in [2.75, 3.05) is 0 Å². The van der Waals surface area contributed by atoms with Crippen molar-refractivity contribution in [1.82, 2.24) is 5.32 Å². The van der Waals surface area contributed by atoms with Crippen LogP contribution in [0.5, 0.6) is 0 Å². The van der Waals surface area contributed by atoms with E-state index in [1.54, 1.807) is 6.08 Å². The molecule has 2 amide bonds. The van der Waals surface area contributed by atoms with Crippen molar-refractivity contribution < 1.29 is 9.59 Å². The third kappa shape index (κ3) is 8.25. The van der Waals surface area contributed by atoms with Crippen molar-refractivity contribution >= 4 is 11.8 Å². The Hall–Kier alpha value is -1.58. The van der Waals surface area contributed by atoms with Gasteiger partial charge in [0.15, 0.2) is 0 Å². The van der Waals surface area contributed by atoms with E-state index >= 15 is 0 Å². The molecule has 0 aromatic rings. The van der Waals surface area contributed by atoms with Gasteiger partial charge in [-0.2, -0.15) is 0 Å². The van der Waals surface area contributed by atoms with Gasteiger partial charge < -0.3 is 11.1 Å². The van der Waals surface area contributed by atoms with Crippen molar-refractivity contribution in [3.8, 4) is 0 Å². The van der Waals surface area contributed by atoms with Gasteiger partial charge in [0.05, 0.1) is 0 Å². The van der Waals surface area contributed by atoms with Gasteiger partial charge in [-0.3, -0.25) is 9.59 Å². The molecule has 0 bridgehead atoms. The number of nitrogens with two attached hydrogens (primary N) is 1. The van der Waals surface area contributed by atoms with Crippen LogP contribution in [-0.2, 0) is 9.59 Å². The maximum atomic E-state index is 11.3. The number of nitrogens with one attached hydrogen (secondary N) is 1. The summed E-state index contributed by atoms with van der Waals surface area (Å²) in [5.41, 5.74) is 5.67. The summed E-state index contributed by atoms with van der Waals surface area (Å²) in [5.74, 6) is -0.704. The van der Waals surface area contributed by atoms with Gasteiger partial charge in [0, 0.05) is 11.8 Å². The molecule has 0 heterocycles. The average Bonchev–Trinajstić information content (AvgIpc) is 2.29. The molecule has 0 saturated heterocycles. The van der Waals surface area contributed by atoms with E-state index in [0.29, 0.717) is 12.0 Å². The first kappa shape index (κ1) is 15.4. The Bertz CT molecular complexity index is 307. The van der Waals surface area contributed by atoms with E-state index < -0.39 is 5.91 Å². The average molecular weight is 238 g/mol. The maximum absolute atomic E-state index is 11.3. The molecule has 17 heavy (non-hydrogen) atoms. The van der Waals surface area contributed by atoms with E-state index in [9.17, 15) is 9.59 Å². The fourth-order valence-electron chi connectivity index (χ4n) is 1.20. The summed E-state index contributed by atoms with van der Waals surface area (Å²) in [5, 5.41) is 2.54. The van der Waals surface area contributed by atoms with E-state index in [-0.39, 0.29) is 5.91 Å². The minimum absolute atomic E-state index is 0.228. The molecule has 0 unspecified atom stereocenters. The standard InChI is InChI=1S/C13H22N2O2/c1-3-5-7-9-12(16)15-10-11(13(14)17)8-6-4-2/h7,9-10H,3-6,8H2,1-2H3,(H2,14,17)(H,15,16).